The van der Waals surface area contributed by atoms with E-state index >= 15 is 0 Å². The van der Waals surface area contributed by atoms with Gasteiger partial charge in [-0.3, -0.25) is 0 Å². The summed E-state index contributed by atoms with van der Waals surface area (Å²) < 4.78 is 0. The van der Waals surface area contributed by atoms with E-state index in [2.05, 4.69) is 45.9 Å². The Morgan fingerprint density at radius 2 is 1.12 bits per heavy atom. The van der Waals surface area contributed by atoms with Crippen molar-refractivity contribution in [3.8, 4) is 0 Å². The van der Waals surface area contributed by atoms with Crippen LogP contribution >= 0.6 is 0 Å². The van der Waals surface area contributed by atoms with Crippen LogP contribution in [0.4, 0.5) is 0 Å². The van der Waals surface area contributed by atoms with Crippen molar-refractivity contribution in [2.24, 2.45) is 68.6 Å². The molecular weight excluding hydrogens is 532 g/mol. The van der Waals surface area contributed by atoms with E-state index in [1.54, 1.807) is 5.57 Å². The molecule has 0 bridgehead atoms. The fourth-order valence-corrected chi connectivity index (χ4v) is 12.5. The molecule has 7 N–H and O–H groups in total. The second-order valence-electron chi connectivity index (χ2n) is 17.2. The van der Waals surface area contributed by atoms with Crippen LogP contribution in [-0.2, 0) is 0 Å². The van der Waals surface area contributed by atoms with Crippen LogP contribution in [0.1, 0.15) is 111 Å². The number of nitrogens with two attached hydrogens (primary N) is 2. The number of allylic oxidation sites excluding steroid dienone is 5. The van der Waals surface area contributed by atoms with Crippen molar-refractivity contribution in [3.05, 3.63) is 47.0 Å². The van der Waals surface area contributed by atoms with Gasteiger partial charge in [0.05, 0.1) is 17.6 Å². The van der Waals surface area contributed by atoms with Crippen LogP contribution in [0.25, 0.3) is 0 Å². The van der Waals surface area contributed by atoms with Gasteiger partial charge in [-0.15, -0.1) is 0 Å². The van der Waals surface area contributed by atoms with Crippen LogP contribution in [0.3, 0.4) is 0 Å². The van der Waals surface area contributed by atoms with Crippen molar-refractivity contribution in [1.82, 2.24) is 0 Å². The Balaban J connectivity index is 0.000000140. The molecule has 0 aliphatic heterocycles. The smallest absolute Gasteiger partial charge is 0.0944 e. The zero-order valence-corrected chi connectivity index (χ0v) is 27.2. The van der Waals surface area contributed by atoms with E-state index < -0.39 is 0 Å². The normalized spacial score (nSPS) is 53.1. The molecule has 0 unspecified atom stereocenters. The van der Waals surface area contributed by atoms with E-state index in [9.17, 15) is 15.3 Å². The van der Waals surface area contributed by atoms with Gasteiger partial charge in [0.2, 0.25) is 0 Å². The van der Waals surface area contributed by atoms with Crippen molar-refractivity contribution >= 4 is 0 Å². The standard InChI is InChI=1S/C19H29NO2.C19H29NO/c1-18-7-5-12(20)9-11(18)10-15(21)17-13-3-4-16(22)19(13,2)8-6-14(17)18;1-18-9-7-13(20)11-12(18)3-4-14-15-5-6-17(21)19(15,2)10-8-16(14)18/h4,10,12-15,17,21-22H,3,5-9,20H2,1-2H3;3,6,13-16,21H,4-5,7-11,20H2,1-2H3/t12-,13-,14-,15-,17-,18-,19-;13-,14-,15-,16-,18-,19-/m00/s1. The van der Waals surface area contributed by atoms with Gasteiger partial charge in [-0.2, -0.15) is 0 Å². The Morgan fingerprint density at radius 3 is 1.77 bits per heavy atom. The summed E-state index contributed by atoms with van der Waals surface area (Å²) >= 11 is 0. The van der Waals surface area contributed by atoms with Gasteiger partial charge in [0.1, 0.15) is 0 Å². The molecule has 0 heterocycles. The van der Waals surface area contributed by atoms with Gasteiger partial charge < -0.3 is 26.8 Å². The van der Waals surface area contributed by atoms with Gasteiger partial charge in [-0.05, 0) is 142 Å². The lowest BCUT2D eigenvalue weighted by molar-refractivity contribution is -0.0789. The van der Waals surface area contributed by atoms with E-state index in [-0.39, 0.29) is 34.3 Å². The first-order valence-electron chi connectivity index (χ1n) is 17.7. The van der Waals surface area contributed by atoms with E-state index in [4.69, 9.17) is 11.5 Å². The number of aliphatic hydroxyl groups is 3. The second-order valence-corrected chi connectivity index (χ2v) is 17.2. The Kier molecular flexibility index (Phi) is 7.16. The Morgan fingerprint density at radius 1 is 0.605 bits per heavy atom. The maximum Gasteiger partial charge on any atom is 0.0944 e. The molecule has 0 radical (unpaired) electrons. The minimum Gasteiger partial charge on any atom is -0.512 e. The van der Waals surface area contributed by atoms with Crippen LogP contribution in [0.15, 0.2) is 47.0 Å². The molecule has 8 aliphatic rings. The van der Waals surface area contributed by atoms with Crippen LogP contribution in [0.2, 0.25) is 0 Å². The molecule has 0 aromatic heterocycles. The minimum atomic E-state index is -0.373. The highest BCUT2D eigenvalue weighted by Gasteiger charge is 2.60. The maximum atomic E-state index is 10.9. The van der Waals surface area contributed by atoms with Crippen LogP contribution in [0.5, 0.6) is 0 Å². The summed E-state index contributed by atoms with van der Waals surface area (Å²) in [5.74, 6) is 4.66. The van der Waals surface area contributed by atoms with Gasteiger partial charge in [0.15, 0.2) is 0 Å². The monoisotopic (exact) mass is 590 g/mol. The number of rotatable bonds is 0. The molecule has 0 amide bonds. The quantitative estimate of drug-likeness (QED) is 0.186. The van der Waals surface area contributed by atoms with E-state index in [0.717, 1.165) is 69.6 Å². The number of hydrogen-bond donors (Lipinski definition) is 5. The van der Waals surface area contributed by atoms with Crippen molar-refractivity contribution in [2.45, 2.75) is 129 Å². The third kappa shape index (κ3) is 4.33. The summed E-state index contributed by atoms with van der Waals surface area (Å²) in [5, 5.41) is 31.5. The molecule has 0 aromatic rings. The molecule has 238 valence electrons. The first-order chi connectivity index (χ1) is 20.3. The summed E-state index contributed by atoms with van der Waals surface area (Å²) in [6.07, 6.45) is 22.9. The van der Waals surface area contributed by atoms with E-state index in [1.807, 2.05) is 6.08 Å². The van der Waals surface area contributed by atoms with Crippen molar-refractivity contribution < 1.29 is 15.3 Å². The SMILES string of the molecule is C[C@]12CC[C@H](N)CC1=CC[C@@H]1[C@@H]2CC[C@]2(C)C(O)=CC[C@@H]12.C[C@]12CC[C@H](N)CC1=C[C@H](O)[C@@H]1[C@@H]2CC[C@]2(C)C(O)=CC[C@@H]12. The van der Waals surface area contributed by atoms with Crippen LogP contribution in [0, 0.1) is 57.2 Å². The largest absolute Gasteiger partial charge is 0.512 e. The zero-order chi connectivity index (χ0) is 30.5. The summed E-state index contributed by atoms with van der Waals surface area (Å²) in [4.78, 5) is 0. The average molecular weight is 591 g/mol. The fraction of sp³-hybridized carbons (Fsp3) is 0.789. The molecule has 0 aromatic carbocycles. The number of hydrogen-bond acceptors (Lipinski definition) is 5. The van der Waals surface area contributed by atoms with E-state index in [0.29, 0.717) is 40.7 Å². The molecule has 43 heavy (non-hydrogen) atoms. The predicted molar refractivity (Wildman–Crippen MR) is 173 cm³/mol. The Hall–Kier alpha value is -1.56. The topological polar surface area (TPSA) is 113 Å². The Bertz CT molecular complexity index is 1270. The van der Waals surface area contributed by atoms with Gasteiger partial charge >= 0.3 is 0 Å². The number of aliphatic hydroxyl groups excluding tert-OH is 3. The highest BCUT2D eigenvalue weighted by atomic mass is 16.3. The first-order valence-corrected chi connectivity index (χ1v) is 17.7. The van der Waals surface area contributed by atoms with Crippen molar-refractivity contribution in [1.29, 1.82) is 0 Å². The summed E-state index contributed by atoms with van der Waals surface area (Å²) in [6, 6.07) is 0.640. The molecule has 0 saturated heterocycles. The minimum absolute atomic E-state index is 0.0634. The zero-order valence-electron chi connectivity index (χ0n) is 27.2. The molecule has 0 spiro atoms. The molecule has 5 nitrogen and oxygen atoms in total. The molecular formula is C38H58N2O3. The maximum absolute atomic E-state index is 10.9. The van der Waals surface area contributed by atoms with Gasteiger partial charge in [-0.25, -0.2) is 0 Å². The lowest BCUT2D eigenvalue weighted by atomic mass is 9.47. The molecule has 5 heteroatoms. The van der Waals surface area contributed by atoms with E-state index in [1.165, 1.54) is 31.3 Å². The third-order valence-corrected chi connectivity index (χ3v) is 15.4. The number of fused-ring (bicyclic) bond motifs is 10. The van der Waals surface area contributed by atoms with Crippen molar-refractivity contribution in [3.63, 3.8) is 0 Å². The highest BCUT2D eigenvalue weighted by Crippen LogP contribution is 2.66. The highest BCUT2D eigenvalue weighted by molar-refractivity contribution is 5.31. The fourth-order valence-electron chi connectivity index (χ4n) is 12.5. The Labute approximate surface area is 260 Å². The average Bonchev–Trinajstić information content (AvgIpc) is 3.45. The van der Waals surface area contributed by atoms with Gasteiger partial charge in [-0.1, -0.05) is 51.0 Å². The second kappa shape index (κ2) is 10.2. The lowest BCUT2D eigenvalue weighted by Crippen LogP contribution is -2.54. The molecule has 8 aliphatic carbocycles. The van der Waals surface area contributed by atoms with Crippen LogP contribution < -0.4 is 11.5 Å². The molecule has 13 atom stereocenters. The summed E-state index contributed by atoms with van der Waals surface area (Å²) in [5.41, 5.74) is 16.0. The van der Waals surface area contributed by atoms with Gasteiger partial charge in [0, 0.05) is 22.9 Å². The lowest BCUT2D eigenvalue weighted by Gasteiger charge is -2.58. The molecule has 4 fully saturated rings. The first kappa shape index (κ1) is 30.1. The van der Waals surface area contributed by atoms with Crippen molar-refractivity contribution in [2.75, 3.05) is 0 Å². The summed E-state index contributed by atoms with van der Waals surface area (Å²) in [6.45, 7) is 9.40. The van der Waals surface area contributed by atoms with Gasteiger partial charge in [0.25, 0.3) is 0 Å². The van der Waals surface area contributed by atoms with Crippen LogP contribution in [-0.4, -0.2) is 33.5 Å². The predicted octanol–water partition coefficient (Wildman–Crippen LogP) is 7.63. The summed E-state index contributed by atoms with van der Waals surface area (Å²) in [7, 11) is 0. The molecule has 8 rings (SSSR count). The molecule has 4 saturated carbocycles. The third-order valence-electron chi connectivity index (χ3n) is 15.4.